The third-order valence-corrected chi connectivity index (χ3v) is 4.42. The van der Waals surface area contributed by atoms with E-state index in [9.17, 15) is 4.79 Å². The quantitative estimate of drug-likeness (QED) is 0.827. The maximum atomic E-state index is 12.5. The molecular weight excluding hydrogens is 316 g/mol. The van der Waals surface area contributed by atoms with Crippen LogP contribution < -0.4 is 0 Å². The topological polar surface area (TPSA) is 71.1 Å². The highest BCUT2D eigenvalue weighted by atomic mass is 35.5. The van der Waals surface area contributed by atoms with E-state index in [4.69, 9.17) is 16.3 Å². The predicted octanol–water partition coefficient (Wildman–Crippen LogP) is 2.83. The number of aryl methyl sites for hydroxylation is 1. The zero-order valence-electron chi connectivity index (χ0n) is 14.2. The fourth-order valence-electron chi connectivity index (χ4n) is 2.80. The lowest BCUT2D eigenvalue weighted by Gasteiger charge is -2.40. The molecule has 1 fully saturated rings. The van der Waals surface area contributed by atoms with Crippen LogP contribution in [0.4, 0.5) is 0 Å². The van der Waals surface area contributed by atoms with Gasteiger partial charge < -0.3 is 9.64 Å². The van der Waals surface area contributed by atoms with Gasteiger partial charge in [0.1, 0.15) is 5.82 Å². The first-order valence-corrected chi connectivity index (χ1v) is 8.87. The van der Waals surface area contributed by atoms with Crippen molar-refractivity contribution in [2.75, 3.05) is 13.1 Å². The van der Waals surface area contributed by atoms with Gasteiger partial charge in [-0.15, -0.1) is 5.10 Å². The molecule has 1 aliphatic rings. The third kappa shape index (κ3) is 5.46. The molecule has 0 radical (unpaired) electrons. The first-order valence-electron chi connectivity index (χ1n) is 8.49. The molecule has 6 nitrogen and oxygen atoms in total. The van der Waals surface area contributed by atoms with E-state index >= 15 is 0 Å². The molecule has 0 spiro atoms. The second kappa shape index (κ2) is 8.64. The molecule has 2 atom stereocenters. The number of hydrogen-bond acceptors (Lipinski definition) is 4. The molecule has 7 heteroatoms. The van der Waals surface area contributed by atoms with Crippen molar-refractivity contribution in [3.8, 4) is 0 Å². The van der Waals surface area contributed by atoms with Crippen molar-refractivity contribution in [3.05, 3.63) is 11.1 Å². The van der Waals surface area contributed by atoms with E-state index in [1.807, 2.05) is 4.90 Å². The summed E-state index contributed by atoms with van der Waals surface area (Å²) in [7, 11) is 0. The number of rotatable bonds is 7. The molecule has 23 heavy (non-hydrogen) atoms. The van der Waals surface area contributed by atoms with Gasteiger partial charge in [-0.05, 0) is 23.9 Å². The van der Waals surface area contributed by atoms with Crippen LogP contribution in [0.5, 0.6) is 0 Å². The number of carbonyl (C=O) groups excluding carboxylic acids is 1. The summed E-state index contributed by atoms with van der Waals surface area (Å²) in [6, 6.07) is 0. The van der Waals surface area contributed by atoms with Crippen LogP contribution >= 0.6 is 11.6 Å². The van der Waals surface area contributed by atoms with E-state index in [-0.39, 0.29) is 23.4 Å². The summed E-state index contributed by atoms with van der Waals surface area (Å²) < 4.78 is 6.16. The van der Waals surface area contributed by atoms with Crippen LogP contribution in [0.25, 0.3) is 0 Å². The van der Waals surface area contributed by atoms with Crippen LogP contribution in [0.2, 0.25) is 5.28 Å². The van der Waals surface area contributed by atoms with Gasteiger partial charge in [0.05, 0.1) is 12.2 Å². The number of unbranched alkanes of at least 4 members (excludes halogenated alkanes) is 1. The van der Waals surface area contributed by atoms with Crippen LogP contribution in [0.3, 0.4) is 0 Å². The van der Waals surface area contributed by atoms with Crippen molar-refractivity contribution in [2.45, 2.75) is 65.1 Å². The first kappa shape index (κ1) is 18.2. The molecule has 1 saturated heterocycles. The first-order chi connectivity index (χ1) is 11.0. The van der Waals surface area contributed by atoms with Gasteiger partial charge in [-0.3, -0.25) is 9.89 Å². The number of morpholine rings is 1. The van der Waals surface area contributed by atoms with Crippen molar-refractivity contribution >= 4 is 17.5 Å². The summed E-state index contributed by atoms with van der Waals surface area (Å²) in [5.74, 6) is 1.20. The number of H-pyrrole nitrogens is 1. The molecule has 1 aromatic rings. The second-order valence-corrected chi connectivity index (χ2v) is 6.87. The number of halogens is 1. The van der Waals surface area contributed by atoms with Crippen LogP contribution in [0, 0.1) is 5.92 Å². The Bertz CT molecular complexity index is 506. The SMILES string of the molecule is CCCC[C@@H]1CN(C(=O)CCc2nc(Cl)n[nH]2)C[C@H](C(C)C)O1. The zero-order chi connectivity index (χ0) is 16.8. The molecular formula is C16H27ClN4O2. The Kier molecular flexibility index (Phi) is 6.84. The molecule has 1 N–H and O–H groups in total. The van der Waals surface area contributed by atoms with Gasteiger partial charge in [-0.1, -0.05) is 33.6 Å². The number of nitrogens with zero attached hydrogens (tertiary/aromatic N) is 3. The van der Waals surface area contributed by atoms with Crippen molar-refractivity contribution in [2.24, 2.45) is 5.92 Å². The molecule has 0 unspecified atom stereocenters. The summed E-state index contributed by atoms with van der Waals surface area (Å²) >= 11 is 5.68. The number of amides is 1. The number of hydrogen-bond donors (Lipinski definition) is 1. The molecule has 1 aliphatic heterocycles. The van der Waals surface area contributed by atoms with Crippen LogP contribution in [0.1, 0.15) is 52.3 Å². The summed E-state index contributed by atoms with van der Waals surface area (Å²) in [6.45, 7) is 7.84. The van der Waals surface area contributed by atoms with Crippen LogP contribution in [0.15, 0.2) is 0 Å². The summed E-state index contributed by atoms with van der Waals surface area (Å²) in [5.41, 5.74) is 0. The van der Waals surface area contributed by atoms with Gasteiger partial charge in [0, 0.05) is 25.9 Å². The van der Waals surface area contributed by atoms with E-state index in [1.54, 1.807) is 0 Å². The predicted molar refractivity (Wildman–Crippen MR) is 89.3 cm³/mol. The van der Waals surface area contributed by atoms with E-state index in [0.29, 0.717) is 37.7 Å². The van der Waals surface area contributed by atoms with E-state index in [1.165, 1.54) is 0 Å². The van der Waals surface area contributed by atoms with Gasteiger partial charge in [-0.2, -0.15) is 0 Å². The van der Waals surface area contributed by atoms with Crippen LogP contribution in [-0.4, -0.2) is 51.3 Å². The standard InChI is InChI=1S/C16H27ClN4O2/c1-4-5-6-12-9-21(10-13(23-12)11(2)3)15(22)8-7-14-18-16(17)20-19-14/h11-13H,4-10H2,1-3H3,(H,18,19,20)/t12-,13-/m1/s1. The molecule has 130 valence electrons. The Labute approximate surface area is 142 Å². The van der Waals surface area contributed by atoms with Crippen molar-refractivity contribution in [1.82, 2.24) is 20.1 Å². The Morgan fingerprint density at radius 2 is 2.26 bits per heavy atom. The fourth-order valence-corrected chi connectivity index (χ4v) is 2.95. The summed E-state index contributed by atoms with van der Waals surface area (Å²) in [6.07, 6.45) is 4.51. The smallest absolute Gasteiger partial charge is 0.242 e. The minimum atomic E-state index is 0.120. The highest BCUT2D eigenvalue weighted by Crippen LogP contribution is 2.21. The molecule has 1 amide bonds. The average molecular weight is 343 g/mol. The van der Waals surface area contributed by atoms with Gasteiger partial charge in [0.15, 0.2) is 0 Å². The third-order valence-electron chi connectivity index (χ3n) is 4.25. The number of nitrogens with one attached hydrogen (secondary N) is 1. The largest absolute Gasteiger partial charge is 0.371 e. The highest BCUT2D eigenvalue weighted by Gasteiger charge is 2.31. The monoisotopic (exact) mass is 342 g/mol. The van der Waals surface area contributed by atoms with Crippen molar-refractivity contribution < 1.29 is 9.53 Å². The highest BCUT2D eigenvalue weighted by molar-refractivity contribution is 6.28. The maximum absolute atomic E-state index is 12.5. The molecule has 1 aromatic heterocycles. The molecule has 0 aromatic carbocycles. The Balaban J connectivity index is 1.90. The van der Waals surface area contributed by atoms with Gasteiger partial charge in [0.2, 0.25) is 11.2 Å². The maximum Gasteiger partial charge on any atom is 0.242 e. The molecule has 2 rings (SSSR count). The normalized spacial score (nSPS) is 21.9. The lowest BCUT2D eigenvalue weighted by Crippen LogP contribution is -2.51. The average Bonchev–Trinajstić information content (AvgIpc) is 2.95. The molecule has 2 heterocycles. The minimum Gasteiger partial charge on any atom is -0.371 e. The molecule has 0 aliphatic carbocycles. The van der Waals surface area contributed by atoms with E-state index < -0.39 is 0 Å². The zero-order valence-corrected chi connectivity index (χ0v) is 15.0. The minimum absolute atomic E-state index is 0.120. The number of ether oxygens (including phenoxy) is 1. The fraction of sp³-hybridized carbons (Fsp3) is 0.812. The number of aromatic nitrogens is 3. The Morgan fingerprint density at radius 3 is 2.87 bits per heavy atom. The van der Waals surface area contributed by atoms with Crippen molar-refractivity contribution in [1.29, 1.82) is 0 Å². The summed E-state index contributed by atoms with van der Waals surface area (Å²) in [4.78, 5) is 18.5. The van der Waals surface area contributed by atoms with Crippen LogP contribution in [-0.2, 0) is 16.0 Å². The second-order valence-electron chi connectivity index (χ2n) is 6.53. The lowest BCUT2D eigenvalue weighted by atomic mass is 10.0. The summed E-state index contributed by atoms with van der Waals surface area (Å²) in [5, 5.41) is 6.70. The van der Waals surface area contributed by atoms with Gasteiger partial charge >= 0.3 is 0 Å². The Morgan fingerprint density at radius 1 is 1.48 bits per heavy atom. The molecule has 0 bridgehead atoms. The number of carbonyl (C=O) groups is 1. The van der Waals surface area contributed by atoms with Gasteiger partial charge in [-0.25, -0.2) is 4.98 Å². The number of aromatic amines is 1. The van der Waals surface area contributed by atoms with E-state index in [0.717, 1.165) is 19.3 Å². The lowest BCUT2D eigenvalue weighted by molar-refractivity contribution is -0.150. The van der Waals surface area contributed by atoms with Crippen molar-refractivity contribution in [3.63, 3.8) is 0 Å². The van der Waals surface area contributed by atoms with Gasteiger partial charge in [0.25, 0.3) is 0 Å². The Hall–Kier alpha value is -1.14. The molecule has 0 saturated carbocycles. The van der Waals surface area contributed by atoms with E-state index in [2.05, 4.69) is 36.0 Å².